The monoisotopic (exact) mass is 338 g/mol. The summed E-state index contributed by atoms with van der Waals surface area (Å²) >= 11 is 0. The maximum Gasteiger partial charge on any atom is 0.306 e. The number of carbonyl (C=O) groups excluding carboxylic acids is 2. The van der Waals surface area contributed by atoms with E-state index in [1.807, 2.05) is 37.3 Å². The van der Waals surface area contributed by atoms with Crippen molar-refractivity contribution in [3.8, 4) is 0 Å². The maximum atomic E-state index is 11.6. The van der Waals surface area contributed by atoms with E-state index in [1.54, 1.807) is 13.8 Å². The fourth-order valence-electron chi connectivity index (χ4n) is 1.88. The first-order valence-electron chi connectivity index (χ1n) is 8.22. The molecule has 6 heteroatoms. The lowest BCUT2D eigenvalue weighted by molar-refractivity contribution is -0.222. The Labute approximate surface area is 143 Å². The van der Waals surface area contributed by atoms with Gasteiger partial charge in [-0.3, -0.25) is 9.59 Å². The molecule has 0 radical (unpaired) electrons. The van der Waals surface area contributed by atoms with E-state index in [0.29, 0.717) is 13.2 Å². The Morgan fingerprint density at radius 1 is 0.958 bits per heavy atom. The van der Waals surface area contributed by atoms with Crippen LogP contribution in [0.1, 0.15) is 39.2 Å². The molecule has 0 saturated carbocycles. The Morgan fingerprint density at radius 2 is 1.62 bits per heavy atom. The summed E-state index contributed by atoms with van der Waals surface area (Å²) in [5.41, 5.74) is 0.966. The van der Waals surface area contributed by atoms with Crippen LogP contribution in [0.15, 0.2) is 30.3 Å². The Kier molecular flexibility index (Phi) is 9.72. The predicted molar refractivity (Wildman–Crippen MR) is 88.1 cm³/mol. The van der Waals surface area contributed by atoms with Crippen LogP contribution in [0.3, 0.4) is 0 Å². The van der Waals surface area contributed by atoms with E-state index >= 15 is 0 Å². The standard InChI is InChI=1S/C18H26O6/c1-4-16(19)22-13-15(24-17(20)5-2)18(21-6-3)23-12-14-10-8-7-9-11-14/h7-11,15,18H,4-6,12-13H2,1-3H3. The smallest absolute Gasteiger partial charge is 0.306 e. The van der Waals surface area contributed by atoms with Crippen molar-refractivity contribution in [3.05, 3.63) is 35.9 Å². The number of rotatable bonds is 11. The summed E-state index contributed by atoms with van der Waals surface area (Å²) in [5, 5.41) is 0. The zero-order valence-electron chi connectivity index (χ0n) is 14.5. The summed E-state index contributed by atoms with van der Waals surface area (Å²) in [4.78, 5) is 23.0. The molecule has 1 rings (SSSR count). The quantitative estimate of drug-likeness (QED) is 0.456. The van der Waals surface area contributed by atoms with Crippen molar-refractivity contribution in [1.29, 1.82) is 0 Å². The molecule has 0 spiro atoms. The van der Waals surface area contributed by atoms with Crippen LogP contribution in [0, 0.1) is 0 Å². The summed E-state index contributed by atoms with van der Waals surface area (Å²) in [5.74, 6) is -0.772. The van der Waals surface area contributed by atoms with Crippen LogP contribution in [0.25, 0.3) is 0 Å². The van der Waals surface area contributed by atoms with Gasteiger partial charge in [-0.05, 0) is 12.5 Å². The molecule has 0 aliphatic rings. The molecule has 0 aromatic heterocycles. The fourth-order valence-corrected chi connectivity index (χ4v) is 1.88. The van der Waals surface area contributed by atoms with Gasteiger partial charge in [-0.15, -0.1) is 0 Å². The third-order valence-electron chi connectivity index (χ3n) is 3.16. The Balaban J connectivity index is 2.72. The topological polar surface area (TPSA) is 71.1 Å². The second kappa shape index (κ2) is 11.6. The van der Waals surface area contributed by atoms with E-state index in [-0.39, 0.29) is 25.4 Å². The normalized spacial score (nSPS) is 13.1. The second-order valence-electron chi connectivity index (χ2n) is 5.04. The van der Waals surface area contributed by atoms with E-state index < -0.39 is 18.4 Å². The number of ether oxygens (including phenoxy) is 4. The van der Waals surface area contributed by atoms with Gasteiger partial charge in [0.05, 0.1) is 6.61 Å². The van der Waals surface area contributed by atoms with Gasteiger partial charge in [-0.2, -0.15) is 0 Å². The highest BCUT2D eigenvalue weighted by Crippen LogP contribution is 2.12. The van der Waals surface area contributed by atoms with E-state index in [0.717, 1.165) is 5.56 Å². The minimum Gasteiger partial charge on any atom is -0.462 e. The van der Waals surface area contributed by atoms with E-state index in [9.17, 15) is 9.59 Å². The molecule has 0 heterocycles. The first-order valence-corrected chi connectivity index (χ1v) is 8.22. The van der Waals surface area contributed by atoms with Crippen LogP contribution in [0.5, 0.6) is 0 Å². The van der Waals surface area contributed by atoms with Gasteiger partial charge in [0.2, 0.25) is 0 Å². The molecule has 0 aliphatic carbocycles. The van der Waals surface area contributed by atoms with Gasteiger partial charge in [0.15, 0.2) is 12.4 Å². The van der Waals surface area contributed by atoms with Gasteiger partial charge >= 0.3 is 11.9 Å². The summed E-state index contributed by atoms with van der Waals surface area (Å²) in [6.07, 6.45) is -1.15. The van der Waals surface area contributed by atoms with Crippen molar-refractivity contribution in [1.82, 2.24) is 0 Å². The summed E-state index contributed by atoms with van der Waals surface area (Å²) < 4.78 is 21.7. The van der Waals surface area contributed by atoms with E-state index in [2.05, 4.69) is 0 Å². The second-order valence-corrected chi connectivity index (χ2v) is 5.04. The van der Waals surface area contributed by atoms with Gasteiger partial charge < -0.3 is 18.9 Å². The Morgan fingerprint density at radius 3 is 2.21 bits per heavy atom. The lowest BCUT2D eigenvalue weighted by Gasteiger charge is -2.26. The maximum absolute atomic E-state index is 11.6. The van der Waals surface area contributed by atoms with Gasteiger partial charge in [0, 0.05) is 19.4 Å². The van der Waals surface area contributed by atoms with E-state index in [4.69, 9.17) is 18.9 Å². The summed E-state index contributed by atoms with van der Waals surface area (Å²) in [7, 11) is 0. The molecule has 24 heavy (non-hydrogen) atoms. The van der Waals surface area contributed by atoms with Crippen molar-refractivity contribution >= 4 is 11.9 Å². The molecule has 6 nitrogen and oxygen atoms in total. The van der Waals surface area contributed by atoms with Crippen LogP contribution >= 0.6 is 0 Å². The first kappa shape index (κ1) is 20.1. The number of carbonyl (C=O) groups is 2. The average Bonchev–Trinajstić information content (AvgIpc) is 2.62. The van der Waals surface area contributed by atoms with Gasteiger partial charge in [0.1, 0.15) is 6.61 Å². The molecular formula is C18H26O6. The summed E-state index contributed by atoms with van der Waals surface area (Å²) in [6, 6.07) is 9.58. The number of hydrogen-bond acceptors (Lipinski definition) is 6. The predicted octanol–water partition coefficient (Wildman–Crippen LogP) is 2.84. The third-order valence-corrected chi connectivity index (χ3v) is 3.16. The molecule has 0 fully saturated rings. The van der Waals surface area contributed by atoms with Crippen LogP contribution < -0.4 is 0 Å². The lowest BCUT2D eigenvalue weighted by Crippen LogP contribution is -2.39. The van der Waals surface area contributed by atoms with Crippen molar-refractivity contribution in [2.24, 2.45) is 0 Å². The SMILES string of the molecule is CCOC(OCc1ccccc1)C(COC(=O)CC)OC(=O)CC. The largest absolute Gasteiger partial charge is 0.462 e. The van der Waals surface area contributed by atoms with Crippen LogP contribution in [-0.4, -0.2) is 37.5 Å². The molecule has 1 aromatic carbocycles. The zero-order chi connectivity index (χ0) is 17.8. The van der Waals surface area contributed by atoms with Crippen molar-refractivity contribution in [2.45, 2.75) is 52.6 Å². The molecule has 2 atom stereocenters. The molecule has 0 N–H and O–H groups in total. The molecule has 1 aromatic rings. The minimum absolute atomic E-state index is 0.0993. The van der Waals surface area contributed by atoms with Crippen LogP contribution in [0.2, 0.25) is 0 Å². The number of hydrogen-bond donors (Lipinski definition) is 0. The molecule has 0 bridgehead atoms. The molecule has 2 unspecified atom stereocenters. The zero-order valence-corrected chi connectivity index (χ0v) is 14.5. The number of esters is 2. The Bertz CT molecular complexity index is 488. The van der Waals surface area contributed by atoms with Crippen LogP contribution in [0.4, 0.5) is 0 Å². The van der Waals surface area contributed by atoms with Crippen molar-refractivity contribution < 1.29 is 28.5 Å². The van der Waals surface area contributed by atoms with Crippen molar-refractivity contribution in [2.75, 3.05) is 13.2 Å². The third kappa shape index (κ3) is 7.57. The van der Waals surface area contributed by atoms with Crippen molar-refractivity contribution in [3.63, 3.8) is 0 Å². The Hall–Kier alpha value is -1.92. The highest BCUT2D eigenvalue weighted by atomic mass is 16.7. The van der Waals surface area contributed by atoms with Gasteiger partial charge in [-0.25, -0.2) is 0 Å². The average molecular weight is 338 g/mol. The number of benzene rings is 1. The first-order chi connectivity index (χ1) is 11.6. The molecule has 0 amide bonds. The fraction of sp³-hybridized carbons (Fsp3) is 0.556. The van der Waals surface area contributed by atoms with E-state index in [1.165, 1.54) is 0 Å². The van der Waals surface area contributed by atoms with Gasteiger partial charge in [-0.1, -0.05) is 44.2 Å². The summed E-state index contributed by atoms with van der Waals surface area (Å²) in [6.45, 7) is 5.78. The highest BCUT2D eigenvalue weighted by molar-refractivity contribution is 5.70. The lowest BCUT2D eigenvalue weighted by atomic mass is 10.2. The molecular weight excluding hydrogens is 312 g/mol. The van der Waals surface area contributed by atoms with Crippen LogP contribution in [-0.2, 0) is 35.1 Å². The molecule has 134 valence electrons. The molecule has 0 saturated heterocycles. The highest BCUT2D eigenvalue weighted by Gasteiger charge is 2.28. The molecule has 0 aliphatic heterocycles. The minimum atomic E-state index is -0.810. The van der Waals surface area contributed by atoms with Gasteiger partial charge in [0.25, 0.3) is 0 Å².